The predicted octanol–water partition coefficient (Wildman–Crippen LogP) is 3.17. The minimum Gasteiger partial charge on any atom is -0.321 e. The summed E-state index contributed by atoms with van der Waals surface area (Å²) in [5, 5.41) is 11.9. The topological polar surface area (TPSA) is 65.8 Å². The molecule has 1 aromatic heterocycles. The van der Waals surface area contributed by atoms with E-state index in [0.29, 0.717) is 22.5 Å². The van der Waals surface area contributed by atoms with Crippen molar-refractivity contribution in [2.45, 2.75) is 6.92 Å². The molecule has 1 amide bonds. The van der Waals surface area contributed by atoms with E-state index < -0.39 is 0 Å². The number of aryl methyl sites for hydroxylation is 1. The van der Waals surface area contributed by atoms with Gasteiger partial charge in [0.05, 0.1) is 11.3 Å². The van der Waals surface area contributed by atoms with E-state index in [-0.39, 0.29) is 11.1 Å². The van der Waals surface area contributed by atoms with Crippen molar-refractivity contribution in [2.75, 3.05) is 5.32 Å². The first kappa shape index (κ1) is 13.1. The van der Waals surface area contributed by atoms with Gasteiger partial charge in [0.1, 0.15) is 11.2 Å². The summed E-state index contributed by atoms with van der Waals surface area (Å²) >= 11 is 5.81. The largest absolute Gasteiger partial charge is 0.321 e. The van der Waals surface area contributed by atoms with E-state index in [0.717, 1.165) is 0 Å². The molecule has 0 aliphatic carbocycles. The average molecular weight is 272 g/mol. The van der Waals surface area contributed by atoms with Crippen LogP contribution in [-0.2, 0) is 0 Å². The molecular weight excluding hydrogens is 262 g/mol. The van der Waals surface area contributed by atoms with Crippen molar-refractivity contribution >= 4 is 23.2 Å². The first-order chi connectivity index (χ1) is 9.10. The zero-order chi connectivity index (χ0) is 13.8. The van der Waals surface area contributed by atoms with Crippen LogP contribution in [0.5, 0.6) is 0 Å². The van der Waals surface area contributed by atoms with Gasteiger partial charge in [-0.2, -0.15) is 5.26 Å². The molecule has 2 aromatic rings. The Kier molecular flexibility index (Phi) is 3.79. The van der Waals surface area contributed by atoms with Crippen molar-refractivity contribution in [3.63, 3.8) is 0 Å². The lowest BCUT2D eigenvalue weighted by molar-refractivity contribution is 0.102. The summed E-state index contributed by atoms with van der Waals surface area (Å²) in [5.74, 6) is -0.324. The quantitative estimate of drug-likeness (QED) is 0.853. The van der Waals surface area contributed by atoms with Crippen LogP contribution in [0.15, 0.2) is 36.4 Å². The van der Waals surface area contributed by atoms with Gasteiger partial charge in [-0.15, -0.1) is 0 Å². The molecule has 2 rings (SSSR count). The van der Waals surface area contributed by atoms with E-state index in [9.17, 15) is 4.79 Å². The van der Waals surface area contributed by atoms with Crippen LogP contribution in [0, 0.1) is 18.3 Å². The predicted molar refractivity (Wildman–Crippen MR) is 73.1 cm³/mol. The maximum atomic E-state index is 12.1. The van der Waals surface area contributed by atoms with Crippen LogP contribution in [0.4, 0.5) is 5.69 Å². The van der Waals surface area contributed by atoms with Gasteiger partial charge in [-0.1, -0.05) is 23.7 Å². The van der Waals surface area contributed by atoms with Crippen molar-refractivity contribution in [3.05, 3.63) is 58.4 Å². The highest BCUT2D eigenvalue weighted by atomic mass is 35.5. The van der Waals surface area contributed by atoms with Gasteiger partial charge in [-0.25, -0.2) is 4.98 Å². The van der Waals surface area contributed by atoms with Crippen LogP contribution in [0.25, 0.3) is 0 Å². The molecule has 94 valence electrons. The number of carbonyl (C=O) groups is 1. The zero-order valence-corrected chi connectivity index (χ0v) is 10.9. The molecule has 0 aliphatic rings. The van der Waals surface area contributed by atoms with Gasteiger partial charge in [0, 0.05) is 11.3 Å². The average Bonchev–Trinajstić information content (AvgIpc) is 2.38. The molecule has 0 spiro atoms. The monoisotopic (exact) mass is 271 g/mol. The van der Waals surface area contributed by atoms with E-state index in [4.69, 9.17) is 16.9 Å². The highest BCUT2D eigenvalue weighted by Crippen LogP contribution is 2.16. The molecule has 1 heterocycles. The molecule has 19 heavy (non-hydrogen) atoms. The third-order valence-corrected chi connectivity index (χ3v) is 2.67. The summed E-state index contributed by atoms with van der Waals surface area (Å²) < 4.78 is 0. The Morgan fingerprint density at radius 2 is 2.11 bits per heavy atom. The Bertz CT molecular complexity index is 656. The van der Waals surface area contributed by atoms with Crippen molar-refractivity contribution in [1.29, 1.82) is 5.26 Å². The second-order valence-corrected chi connectivity index (χ2v) is 4.32. The molecule has 0 saturated heterocycles. The minimum absolute atomic E-state index is 0.263. The fraction of sp³-hybridized carbons (Fsp3) is 0.0714. The number of hydrogen-bond donors (Lipinski definition) is 1. The highest BCUT2D eigenvalue weighted by Gasteiger charge is 2.10. The van der Waals surface area contributed by atoms with E-state index >= 15 is 0 Å². The Balaban J connectivity index is 2.29. The lowest BCUT2D eigenvalue weighted by atomic mass is 10.1. The zero-order valence-electron chi connectivity index (χ0n) is 10.1. The molecule has 0 radical (unpaired) electrons. The number of hydrogen-bond acceptors (Lipinski definition) is 3. The lowest BCUT2D eigenvalue weighted by Crippen LogP contribution is -2.13. The van der Waals surface area contributed by atoms with Gasteiger partial charge in [0.15, 0.2) is 0 Å². The fourth-order valence-electron chi connectivity index (χ4n) is 1.64. The van der Waals surface area contributed by atoms with Crippen molar-refractivity contribution < 1.29 is 4.79 Å². The van der Waals surface area contributed by atoms with E-state index in [1.807, 2.05) is 6.07 Å². The van der Waals surface area contributed by atoms with E-state index in [2.05, 4.69) is 10.3 Å². The van der Waals surface area contributed by atoms with Crippen LogP contribution in [0.1, 0.15) is 21.6 Å². The number of benzene rings is 1. The molecule has 0 saturated carbocycles. The number of anilines is 1. The van der Waals surface area contributed by atoms with Crippen molar-refractivity contribution in [1.82, 2.24) is 4.98 Å². The van der Waals surface area contributed by atoms with Gasteiger partial charge in [0.25, 0.3) is 5.91 Å². The van der Waals surface area contributed by atoms with Crippen LogP contribution in [0.3, 0.4) is 0 Å². The minimum atomic E-state index is -0.324. The SMILES string of the molecule is Cc1cc(C(=O)Nc2ccccc2C#N)cc(Cl)n1. The Morgan fingerprint density at radius 3 is 2.79 bits per heavy atom. The van der Waals surface area contributed by atoms with Gasteiger partial charge < -0.3 is 5.32 Å². The molecule has 0 bridgehead atoms. The van der Waals surface area contributed by atoms with Crippen LogP contribution in [-0.4, -0.2) is 10.9 Å². The second kappa shape index (κ2) is 5.51. The Morgan fingerprint density at radius 1 is 1.37 bits per heavy atom. The smallest absolute Gasteiger partial charge is 0.255 e. The summed E-state index contributed by atoms with van der Waals surface area (Å²) in [6.07, 6.45) is 0. The maximum absolute atomic E-state index is 12.1. The van der Waals surface area contributed by atoms with Gasteiger partial charge in [0.2, 0.25) is 0 Å². The molecule has 0 fully saturated rings. The van der Waals surface area contributed by atoms with Crippen molar-refractivity contribution in [2.24, 2.45) is 0 Å². The summed E-state index contributed by atoms with van der Waals surface area (Å²) in [4.78, 5) is 16.1. The molecule has 1 N–H and O–H groups in total. The number of para-hydroxylation sites is 1. The van der Waals surface area contributed by atoms with Gasteiger partial charge >= 0.3 is 0 Å². The highest BCUT2D eigenvalue weighted by molar-refractivity contribution is 6.29. The molecule has 0 aliphatic heterocycles. The molecule has 5 heteroatoms. The van der Waals surface area contributed by atoms with E-state index in [1.165, 1.54) is 6.07 Å². The summed E-state index contributed by atoms with van der Waals surface area (Å²) in [7, 11) is 0. The Hall–Kier alpha value is -2.38. The first-order valence-corrected chi connectivity index (χ1v) is 5.92. The summed E-state index contributed by atoms with van der Waals surface area (Å²) in [6, 6.07) is 11.9. The number of nitrogens with zero attached hydrogens (tertiary/aromatic N) is 2. The van der Waals surface area contributed by atoms with Crippen LogP contribution in [0.2, 0.25) is 5.15 Å². The maximum Gasteiger partial charge on any atom is 0.255 e. The fourth-order valence-corrected chi connectivity index (χ4v) is 1.89. The van der Waals surface area contributed by atoms with Crippen LogP contribution >= 0.6 is 11.6 Å². The third kappa shape index (κ3) is 3.09. The third-order valence-electron chi connectivity index (χ3n) is 2.48. The first-order valence-electron chi connectivity index (χ1n) is 5.55. The number of halogens is 1. The molecule has 4 nitrogen and oxygen atoms in total. The number of rotatable bonds is 2. The normalized spacial score (nSPS) is 9.74. The Labute approximate surface area is 115 Å². The number of aromatic nitrogens is 1. The number of amides is 1. The lowest BCUT2D eigenvalue weighted by Gasteiger charge is -2.07. The number of nitriles is 1. The van der Waals surface area contributed by atoms with E-state index in [1.54, 1.807) is 37.3 Å². The van der Waals surface area contributed by atoms with Crippen molar-refractivity contribution in [3.8, 4) is 6.07 Å². The van der Waals surface area contributed by atoms with Gasteiger partial charge in [-0.05, 0) is 31.2 Å². The number of pyridine rings is 1. The number of nitrogens with one attached hydrogen (secondary N) is 1. The standard InChI is InChI=1S/C14H10ClN3O/c1-9-6-11(7-13(15)17-9)14(19)18-12-5-3-2-4-10(12)8-16/h2-7H,1H3,(H,18,19). The summed E-state index contributed by atoms with van der Waals surface area (Å²) in [5.41, 5.74) is 1.95. The molecule has 1 aromatic carbocycles. The molecule has 0 unspecified atom stereocenters. The number of carbonyl (C=O) groups excluding carboxylic acids is 1. The molecular formula is C14H10ClN3O. The van der Waals surface area contributed by atoms with Crippen LogP contribution < -0.4 is 5.32 Å². The second-order valence-electron chi connectivity index (χ2n) is 3.93. The van der Waals surface area contributed by atoms with Gasteiger partial charge in [-0.3, -0.25) is 4.79 Å². The molecule has 0 atom stereocenters. The summed E-state index contributed by atoms with van der Waals surface area (Å²) in [6.45, 7) is 1.76.